The number of guanidine groups is 1. The summed E-state index contributed by atoms with van der Waals surface area (Å²) >= 11 is 1.80. The minimum Gasteiger partial charge on any atom is -0.492 e. The van der Waals surface area contributed by atoms with Crippen LogP contribution in [0, 0.1) is 5.92 Å². The Labute approximate surface area is 193 Å². The van der Waals surface area contributed by atoms with Gasteiger partial charge in [-0.1, -0.05) is 13.0 Å². The molecule has 2 heterocycles. The molecule has 158 valence electrons. The van der Waals surface area contributed by atoms with Gasteiger partial charge in [0.25, 0.3) is 0 Å². The quantitative estimate of drug-likeness (QED) is 0.212. The highest BCUT2D eigenvalue weighted by molar-refractivity contribution is 14.0. The number of aryl methyl sites for hydroxylation is 1. The van der Waals surface area contributed by atoms with Crippen LogP contribution < -0.4 is 20.7 Å². The first-order chi connectivity index (χ1) is 13.6. The summed E-state index contributed by atoms with van der Waals surface area (Å²) in [6.07, 6.45) is 2.37. The summed E-state index contributed by atoms with van der Waals surface area (Å²) in [5, 5.41) is 11.7. The van der Waals surface area contributed by atoms with E-state index in [0.29, 0.717) is 25.5 Å². The van der Waals surface area contributed by atoms with Gasteiger partial charge in [-0.2, -0.15) is 0 Å². The third-order valence-corrected chi connectivity index (χ3v) is 5.51. The van der Waals surface area contributed by atoms with Gasteiger partial charge in [-0.3, -0.25) is 9.79 Å². The number of hydrogen-bond acceptors (Lipinski definition) is 4. The van der Waals surface area contributed by atoms with Gasteiger partial charge in [-0.05, 0) is 54.0 Å². The van der Waals surface area contributed by atoms with Crippen molar-refractivity contribution in [1.82, 2.24) is 10.6 Å². The van der Waals surface area contributed by atoms with Crippen molar-refractivity contribution in [2.45, 2.75) is 26.2 Å². The number of rotatable bonds is 8. The number of ether oxygens (including phenoxy) is 1. The fourth-order valence-electron chi connectivity index (χ4n) is 3.12. The maximum Gasteiger partial charge on any atom is 0.224 e. The number of thiophene rings is 1. The lowest BCUT2D eigenvalue weighted by Crippen LogP contribution is -2.41. The van der Waals surface area contributed by atoms with E-state index in [9.17, 15) is 4.79 Å². The van der Waals surface area contributed by atoms with Gasteiger partial charge in [-0.25, -0.2) is 0 Å². The van der Waals surface area contributed by atoms with Gasteiger partial charge in [0.2, 0.25) is 5.91 Å². The monoisotopic (exact) mass is 528 g/mol. The Bertz CT molecular complexity index is 811. The molecule has 1 amide bonds. The highest BCUT2D eigenvalue weighted by Gasteiger charge is 2.15. The molecule has 0 fully saturated rings. The molecule has 0 spiro atoms. The van der Waals surface area contributed by atoms with Crippen LogP contribution in [0.5, 0.6) is 5.75 Å². The van der Waals surface area contributed by atoms with Crippen LogP contribution in [0.3, 0.4) is 0 Å². The van der Waals surface area contributed by atoms with Crippen molar-refractivity contribution < 1.29 is 9.53 Å². The zero-order valence-electron chi connectivity index (χ0n) is 16.9. The molecule has 0 radical (unpaired) electrons. The Balaban J connectivity index is 0.00000300. The van der Waals surface area contributed by atoms with Crippen molar-refractivity contribution in [3.63, 3.8) is 0 Å². The summed E-state index contributed by atoms with van der Waals surface area (Å²) in [5.74, 6) is 2.22. The van der Waals surface area contributed by atoms with Gasteiger partial charge >= 0.3 is 0 Å². The molecule has 2 aromatic rings. The standard InChI is InChI=1S/C21H28N4O2S.HI/c1-15(12-18-4-3-11-28-18)14-24-21(22-2)23-9-10-27-17-6-7-19-16(13-17)5-8-20(26)25-19;/h3-4,6-7,11,13,15H,5,8-10,12,14H2,1-2H3,(H,25,26)(H2,22,23,24);1H. The number of fused-ring (bicyclic) bond motifs is 1. The predicted molar refractivity (Wildman–Crippen MR) is 131 cm³/mol. The zero-order chi connectivity index (χ0) is 19.8. The predicted octanol–water partition coefficient (Wildman–Crippen LogP) is 3.67. The lowest BCUT2D eigenvalue weighted by Gasteiger charge is -2.18. The largest absolute Gasteiger partial charge is 0.492 e. The van der Waals surface area contributed by atoms with Crippen LogP contribution in [0.2, 0.25) is 0 Å². The number of carbonyl (C=O) groups is 1. The molecule has 3 rings (SSSR count). The minimum atomic E-state index is 0. The minimum absolute atomic E-state index is 0. The number of aliphatic imine (C=N–C) groups is 1. The number of amides is 1. The molecule has 0 saturated carbocycles. The Kier molecular flexibility index (Phi) is 9.72. The van der Waals surface area contributed by atoms with Crippen LogP contribution >= 0.6 is 35.3 Å². The normalized spacial score (nSPS) is 14.3. The third-order valence-electron chi connectivity index (χ3n) is 4.61. The lowest BCUT2D eigenvalue weighted by molar-refractivity contribution is -0.116. The summed E-state index contributed by atoms with van der Waals surface area (Å²) in [4.78, 5) is 17.1. The van der Waals surface area contributed by atoms with E-state index < -0.39 is 0 Å². The molecule has 0 saturated heterocycles. The van der Waals surface area contributed by atoms with Crippen molar-refractivity contribution in [2.24, 2.45) is 10.9 Å². The zero-order valence-corrected chi connectivity index (χ0v) is 20.0. The molecular weight excluding hydrogens is 499 g/mol. The van der Waals surface area contributed by atoms with Gasteiger partial charge in [-0.15, -0.1) is 35.3 Å². The molecule has 1 aliphatic rings. The third kappa shape index (κ3) is 7.50. The topological polar surface area (TPSA) is 74.8 Å². The Hall–Kier alpha value is -1.81. The van der Waals surface area contributed by atoms with Gasteiger partial charge in [0.1, 0.15) is 12.4 Å². The van der Waals surface area contributed by atoms with Gasteiger partial charge in [0.15, 0.2) is 5.96 Å². The van der Waals surface area contributed by atoms with Crippen LogP contribution in [0.1, 0.15) is 23.8 Å². The van der Waals surface area contributed by atoms with E-state index in [2.05, 4.69) is 45.4 Å². The second kappa shape index (κ2) is 12.0. The average molecular weight is 528 g/mol. The second-order valence-corrected chi connectivity index (χ2v) is 8.02. The van der Waals surface area contributed by atoms with E-state index in [1.807, 2.05) is 18.2 Å². The number of nitrogens with zero attached hydrogens (tertiary/aromatic N) is 1. The molecule has 29 heavy (non-hydrogen) atoms. The van der Waals surface area contributed by atoms with Crippen LogP contribution in [0.4, 0.5) is 5.69 Å². The Morgan fingerprint density at radius 1 is 1.31 bits per heavy atom. The first-order valence-electron chi connectivity index (χ1n) is 9.66. The van der Waals surface area contributed by atoms with Gasteiger partial charge in [0, 0.05) is 30.6 Å². The van der Waals surface area contributed by atoms with Gasteiger partial charge < -0.3 is 20.7 Å². The molecule has 1 aliphatic heterocycles. The van der Waals surface area contributed by atoms with E-state index >= 15 is 0 Å². The van der Waals surface area contributed by atoms with Crippen molar-refractivity contribution in [3.05, 3.63) is 46.2 Å². The van der Waals surface area contributed by atoms with Crippen LogP contribution in [-0.4, -0.2) is 38.6 Å². The fourth-order valence-corrected chi connectivity index (χ4v) is 3.99. The smallest absolute Gasteiger partial charge is 0.224 e. The number of benzene rings is 1. The Morgan fingerprint density at radius 2 is 2.17 bits per heavy atom. The number of halogens is 1. The molecule has 1 unspecified atom stereocenters. The highest BCUT2D eigenvalue weighted by Crippen LogP contribution is 2.26. The Morgan fingerprint density at radius 3 is 2.93 bits per heavy atom. The number of hydrogen-bond donors (Lipinski definition) is 3. The highest BCUT2D eigenvalue weighted by atomic mass is 127. The molecule has 0 bridgehead atoms. The fraction of sp³-hybridized carbons (Fsp3) is 0.429. The molecule has 3 N–H and O–H groups in total. The van der Waals surface area contributed by atoms with E-state index in [1.165, 1.54) is 4.88 Å². The van der Waals surface area contributed by atoms with E-state index in [1.54, 1.807) is 18.4 Å². The molecule has 1 aromatic carbocycles. The number of anilines is 1. The molecular formula is C21H29IN4O2S. The van der Waals surface area contributed by atoms with E-state index in [-0.39, 0.29) is 29.9 Å². The number of nitrogens with one attached hydrogen (secondary N) is 3. The summed E-state index contributed by atoms with van der Waals surface area (Å²) in [6, 6.07) is 10.1. The van der Waals surface area contributed by atoms with Crippen molar-refractivity contribution in [1.29, 1.82) is 0 Å². The SMILES string of the molecule is CN=C(NCCOc1ccc2c(c1)CCC(=O)N2)NCC(C)Cc1cccs1.I. The van der Waals surface area contributed by atoms with E-state index in [0.717, 1.165) is 42.3 Å². The molecule has 8 heteroatoms. The van der Waals surface area contributed by atoms with Crippen molar-refractivity contribution in [3.8, 4) is 5.75 Å². The number of carbonyl (C=O) groups excluding carboxylic acids is 1. The first-order valence-corrected chi connectivity index (χ1v) is 10.5. The molecule has 6 nitrogen and oxygen atoms in total. The summed E-state index contributed by atoms with van der Waals surface area (Å²) in [6.45, 7) is 4.31. The summed E-state index contributed by atoms with van der Waals surface area (Å²) in [7, 11) is 1.78. The maximum absolute atomic E-state index is 11.4. The van der Waals surface area contributed by atoms with Crippen molar-refractivity contribution in [2.75, 3.05) is 32.1 Å². The molecule has 1 atom stereocenters. The lowest BCUT2D eigenvalue weighted by atomic mass is 10.0. The maximum atomic E-state index is 11.4. The average Bonchev–Trinajstić information content (AvgIpc) is 3.20. The second-order valence-electron chi connectivity index (χ2n) is 6.98. The van der Waals surface area contributed by atoms with Crippen LogP contribution in [0.25, 0.3) is 0 Å². The summed E-state index contributed by atoms with van der Waals surface area (Å²) in [5.41, 5.74) is 2.02. The first kappa shape index (κ1) is 23.5. The molecule has 1 aromatic heterocycles. The van der Waals surface area contributed by atoms with E-state index in [4.69, 9.17) is 4.74 Å². The van der Waals surface area contributed by atoms with Crippen LogP contribution in [0.15, 0.2) is 40.7 Å². The van der Waals surface area contributed by atoms with Crippen molar-refractivity contribution >= 4 is 52.9 Å². The van der Waals surface area contributed by atoms with Gasteiger partial charge in [0.05, 0.1) is 6.54 Å². The van der Waals surface area contributed by atoms with Crippen LogP contribution in [-0.2, 0) is 17.6 Å². The summed E-state index contributed by atoms with van der Waals surface area (Å²) < 4.78 is 5.83. The molecule has 0 aliphatic carbocycles.